The number of hydrogen-bond donors (Lipinski definition) is 2. The average molecular weight is 185 g/mol. The van der Waals surface area contributed by atoms with Crippen molar-refractivity contribution in [1.29, 1.82) is 0 Å². The molecule has 1 aliphatic rings. The van der Waals surface area contributed by atoms with E-state index in [4.69, 9.17) is 0 Å². The third-order valence-electron chi connectivity index (χ3n) is 3.00. The minimum absolute atomic E-state index is 0.641. The molecule has 0 radical (unpaired) electrons. The first-order chi connectivity index (χ1) is 6.29. The number of piperazine rings is 1. The van der Waals surface area contributed by atoms with Crippen molar-refractivity contribution in [2.45, 2.75) is 31.8 Å². The number of nitrogens with zero attached hydrogens (tertiary/aromatic N) is 1. The molecule has 1 heterocycles. The molecule has 3 nitrogen and oxygen atoms in total. The smallest absolute Gasteiger partial charge is 0.0371 e. The van der Waals surface area contributed by atoms with Gasteiger partial charge >= 0.3 is 0 Å². The molecule has 0 spiro atoms. The van der Waals surface area contributed by atoms with E-state index in [0.717, 1.165) is 13.1 Å². The van der Waals surface area contributed by atoms with E-state index in [0.29, 0.717) is 12.1 Å². The van der Waals surface area contributed by atoms with Gasteiger partial charge in [0, 0.05) is 31.7 Å². The largest absolute Gasteiger partial charge is 0.315 e. The van der Waals surface area contributed by atoms with E-state index >= 15 is 0 Å². The van der Waals surface area contributed by atoms with E-state index in [1.165, 1.54) is 19.4 Å². The van der Waals surface area contributed by atoms with Crippen LogP contribution in [0.15, 0.2) is 0 Å². The van der Waals surface area contributed by atoms with Gasteiger partial charge in [-0.1, -0.05) is 13.3 Å². The standard InChI is InChI=1S/C10H23N3/c1-4-5-9(11-2)10-8-12-6-7-13(10)3/h9-12H,4-8H2,1-3H3. The van der Waals surface area contributed by atoms with Crippen molar-refractivity contribution >= 4 is 0 Å². The van der Waals surface area contributed by atoms with Gasteiger partial charge in [-0.25, -0.2) is 0 Å². The van der Waals surface area contributed by atoms with Crippen molar-refractivity contribution in [2.75, 3.05) is 33.7 Å². The quantitative estimate of drug-likeness (QED) is 0.659. The Bertz CT molecular complexity index is 138. The highest BCUT2D eigenvalue weighted by Gasteiger charge is 2.25. The Hall–Kier alpha value is -0.120. The maximum absolute atomic E-state index is 3.46. The third kappa shape index (κ3) is 2.93. The molecule has 2 N–H and O–H groups in total. The first kappa shape index (κ1) is 11.0. The molecule has 1 fully saturated rings. The van der Waals surface area contributed by atoms with Gasteiger partial charge in [0.2, 0.25) is 0 Å². The summed E-state index contributed by atoms with van der Waals surface area (Å²) in [5.41, 5.74) is 0. The van der Waals surface area contributed by atoms with Gasteiger partial charge in [0.1, 0.15) is 0 Å². The zero-order chi connectivity index (χ0) is 9.68. The predicted molar refractivity (Wildman–Crippen MR) is 57.0 cm³/mol. The Morgan fingerprint density at radius 1 is 1.62 bits per heavy atom. The van der Waals surface area contributed by atoms with E-state index in [-0.39, 0.29) is 0 Å². The van der Waals surface area contributed by atoms with Gasteiger partial charge in [-0.2, -0.15) is 0 Å². The third-order valence-corrected chi connectivity index (χ3v) is 3.00. The molecule has 1 aliphatic heterocycles. The summed E-state index contributed by atoms with van der Waals surface area (Å²) >= 11 is 0. The minimum atomic E-state index is 0.641. The first-order valence-corrected chi connectivity index (χ1v) is 5.37. The molecule has 0 aromatic carbocycles. The molecule has 2 atom stereocenters. The lowest BCUT2D eigenvalue weighted by Gasteiger charge is -2.38. The Morgan fingerprint density at radius 3 is 2.92 bits per heavy atom. The Balaban J connectivity index is 2.44. The molecular weight excluding hydrogens is 162 g/mol. The molecule has 0 bridgehead atoms. The fourth-order valence-electron chi connectivity index (χ4n) is 2.12. The van der Waals surface area contributed by atoms with Crippen LogP contribution in [-0.4, -0.2) is 50.7 Å². The fraction of sp³-hybridized carbons (Fsp3) is 1.00. The van der Waals surface area contributed by atoms with Crippen molar-refractivity contribution in [3.8, 4) is 0 Å². The summed E-state index contributed by atoms with van der Waals surface area (Å²) in [5.74, 6) is 0. The van der Waals surface area contributed by atoms with Gasteiger partial charge in [0.05, 0.1) is 0 Å². The summed E-state index contributed by atoms with van der Waals surface area (Å²) in [6, 6.07) is 1.31. The summed E-state index contributed by atoms with van der Waals surface area (Å²) in [5, 5.41) is 6.88. The minimum Gasteiger partial charge on any atom is -0.315 e. The maximum atomic E-state index is 3.46. The second-order valence-corrected chi connectivity index (χ2v) is 3.94. The lowest BCUT2D eigenvalue weighted by Crippen LogP contribution is -2.57. The Labute approximate surface area is 81.9 Å². The van der Waals surface area contributed by atoms with E-state index in [1.807, 2.05) is 0 Å². The lowest BCUT2D eigenvalue weighted by molar-refractivity contribution is 0.156. The van der Waals surface area contributed by atoms with Crippen LogP contribution in [-0.2, 0) is 0 Å². The van der Waals surface area contributed by atoms with Crippen LogP contribution in [0.4, 0.5) is 0 Å². The van der Waals surface area contributed by atoms with Gasteiger partial charge < -0.3 is 10.6 Å². The van der Waals surface area contributed by atoms with Gasteiger partial charge in [0.15, 0.2) is 0 Å². The molecule has 0 aromatic heterocycles. The van der Waals surface area contributed by atoms with Crippen molar-refractivity contribution in [2.24, 2.45) is 0 Å². The predicted octanol–water partition coefficient (Wildman–Crippen LogP) is 0.278. The molecule has 3 heteroatoms. The molecule has 1 saturated heterocycles. The van der Waals surface area contributed by atoms with E-state index < -0.39 is 0 Å². The summed E-state index contributed by atoms with van der Waals surface area (Å²) in [6.07, 6.45) is 2.53. The van der Waals surface area contributed by atoms with Crippen LogP contribution in [0.2, 0.25) is 0 Å². The van der Waals surface area contributed by atoms with Crippen molar-refractivity contribution < 1.29 is 0 Å². The van der Waals surface area contributed by atoms with Crippen molar-refractivity contribution in [3.63, 3.8) is 0 Å². The van der Waals surface area contributed by atoms with Crippen LogP contribution in [0, 0.1) is 0 Å². The van der Waals surface area contributed by atoms with E-state index in [9.17, 15) is 0 Å². The molecular formula is C10H23N3. The van der Waals surface area contributed by atoms with Gasteiger partial charge in [-0.05, 0) is 20.5 Å². The molecule has 0 aliphatic carbocycles. The van der Waals surface area contributed by atoms with E-state index in [1.54, 1.807) is 0 Å². The molecule has 78 valence electrons. The van der Waals surface area contributed by atoms with Gasteiger partial charge in [-0.3, -0.25) is 4.90 Å². The zero-order valence-electron chi connectivity index (χ0n) is 9.14. The highest BCUT2D eigenvalue weighted by molar-refractivity contribution is 4.87. The molecule has 0 aromatic rings. The van der Waals surface area contributed by atoms with Crippen LogP contribution in [0.1, 0.15) is 19.8 Å². The molecule has 0 amide bonds. The van der Waals surface area contributed by atoms with Crippen LogP contribution >= 0.6 is 0 Å². The maximum Gasteiger partial charge on any atom is 0.0371 e. The van der Waals surface area contributed by atoms with Crippen LogP contribution < -0.4 is 10.6 Å². The van der Waals surface area contributed by atoms with Crippen molar-refractivity contribution in [1.82, 2.24) is 15.5 Å². The highest BCUT2D eigenvalue weighted by Crippen LogP contribution is 2.09. The van der Waals surface area contributed by atoms with Crippen LogP contribution in [0.3, 0.4) is 0 Å². The molecule has 13 heavy (non-hydrogen) atoms. The summed E-state index contributed by atoms with van der Waals surface area (Å²) < 4.78 is 0. The zero-order valence-corrected chi connectivity index (χ0v) is 9.14. The topological polar surface area (TPSA) is 27.3 Å². The SMILES string of the molecule is CCCC(NC)C1CNCCN1C. The monoisotopic (exact) mass is 185 g/mol. The summed E-state index contributed by atoms with van der Waals surface area (Å²) in [4.78, 5) is 2.47. The Kier molecular flexibility index (Phi) is 4.70. The van der Waals surface area contributed by atoms with Gasteiger partial charge in [0.25, 0.3) is 0 Å². The van der Waals surface area contributed by atoms with Crippen LogP contribution in [0.5, 0.6) is 0 Å². The molecule has 0 saturated carbocycles. The highest BCUT2D eigenvalue weighted by atomic mass is 15.2. The second kappa shape index (κ2) is 5.58. The number of nitrogens with one attached hydrogen (secondary N) is 2. The van der Waals surface area contributed by atoms with Crippen LogP contribution in [0.25, 0.3) is 0 Å². The van der Waals surface area contributed by atoms with Crippen molar-refractivity contribution in [3.05, 3.63) is 0 Å². The molecule has 1 rings (SSSR count). The Morgan fingerprint density at radius 2 is 2.38 bits per heavy atom. The van der Waals surface area contributed by atoms with Gasteiger partial charge in [-0.15, -0.1) is 0 Å². The average Bonchev–Trinajstić information content (AvgIpc) is 2.16. The fourth-order valence-corrected chi connectivity index (χ4v) is 2.12. The number of hydrogen-bond acceptors (Lipinski definition) is 3. The summed E-state index contributed by atoms with van der Waals surface area (Å²) in [6.45, 7) is 5.69. The first-order valence-electron chi connectivity index (χ1n) is 5.37. The number of likely N-dealkylation sites (N-methyl/N-ethyl adjacent to an activating group) is 2. The second-order valence-electron chi connectivity index (χ2n) is 3.94. The lowest BCUT2D eigenvalue weighted by atomic mass is 10.0. The number of rotatable bonds is 4. The molecule has 2 unspecified atom stereocenters. The summed E-state index contributed by atoms with van der Waals surface area (Å²) in [7, 11) is 4.30. The normalized spacial score (nSPS) is 27.5. The van der Waals surface area contributed by atoms with E-state index in [2.05, 4.69) is 36.6 Å².